The summed E-state index contributed by atoms with van der Waals surface area (Å²) in [6.45, 7) is 0. The molecule has 0 bridgehead atoms. The van der Waals surface area contributed by atoms with Gasteiger partial charge in [0.25, 0.3) is 0 Å². The Hall–Kier alpha value is -4.33. The average molecular weight is 542 g/mol. The molecule has 0 fully saturated rings. The molecule has 0 aliphatic carbocycles. The van der Waals surface area contributed by atoms with Gasteiger partial charge in [-0.2, -0.15) is 0 Å². The minimum absolute atomic E-state index is 0.0143. The SMILES string of the molecule is COc1ccc(C(c2ccccc2P(c2ccccc2)c2ccccc2)c2cn(C)c3ccccc23)cc1OC. The molecule has 0 spiro atoms. The van der Waals surface area contributed by atoms with E-state index in [1.54, 1.807) is 14.2 Å². The first-order valence-corrected chi connectivity index (χ1v) is 14.8. The van der Waals surface area contributed by atoms with Crippen LogP contribution < -0.4 is 25.4 Å². The van der Waals surface area contributed by atoms with Crippen LogP contribution in [0.15, 0.2) is 134 Å². The number of nitrogens with zero attached hydrogens (tertiary/aromatic N) is 1. The van der Waals surface area contributed by atoms with E-state index in [2.05, 4.69) is 139 Å². The van der Waals surface area contributed by atoms with Crippen LogP contribution in [0.1, 0.15) is 22.6 Å². The van der Waals surface area contributed by atoms with Crippen LogP contribution in [-0.2, 0) is 7.05 Å². The van der Waals surface area contributed by atoms with Crippen molar-refractivity contribution in [3.05, 3.63) is 150 Å². The molecule has 5 aromatic carbocycles. The fourth-order valence-electron chi connectivity index (χ4n) is 5.68. The zero-order valence-electron chi connectivity index (χ0n) is 23.0. The van der Waals surface area contributed by atoms with Gasteiger partial charge in [-0.1, -0.05) is 109 Å². The Bertz CT molecular complexity index is 1700. The molecule has 0 radical (unpaired) electrons. The van der Waals surface area contributed by atoms with Crippen LogP contribution in [0.25, 0.3) is 10.9 Å². The number of hydrogen-bond acceptors (Lipinski definition) is 2. The summed E-state index contributed by atoms with van der Waals surface area (Å²) < 4.78 is 13.6. The first kappa shape index (κ1) is 25.9. The lowest BCUT2D eigenvalue weighted by Gasteiger charge is -2.27. The van der Waals surface area contributed by atoms with Crippen molar-refractivity contribution in [1.29, 1.82) is 0 Å². The highest BCUT2D eigenvalue weighted by Crippen LogP contribution is 2.43. The van der Waals surface area contributed by atoms with E-state index in [0.29, 0.717) is 0 Å². The minimum atomic E-state index is -0.800. The van der Waals surface area contributed by atoms with Gasteiger partial charge < -0.3 is 14.0 Å². The van der Waals surface area contributed by atoms with Crippen LogP contribution in [0.3, 0.4) is 0 Å². The summed E-state index contributed by atoms with van der Waals surface area (Å²) >= 11 is 0. The van der Waals surface area contributed by atoms with Crippen LogP contribution in [0, 0.1) is 0 Å². The fourth-order valence-corrected chi connectivity index (χ4v) is 8.17. The Morgan fingerprint density at radius 2 is 1.20 bits per heavy atom. The van der Waals surface area contributed by atoms with Crippen LogP contribution in [0.5, 0.6) is 11.5 Å². The standard InChI is InChI=1S/C36H32NO2P/c1-37-25-31(29-18-10-12-20-32(29)37)36(26-22-23-33(38-2)34(24-26)39-3)30-19-11-13-21-35(30)40(27-14-6-4-7-15-27)28-16-8-5-9-17-28/h4-25,36H,1-3H3. The number of aryl methyl sites for hydroxylation is 1. The topological polar surface area (TPSA) is 23.4 Å². The average Bonchev–Trinajstić information content (AvgIpc) is 3.35. The maximum absolute atomic E-state index is 5.78. The van der Waals surface area contributed by atoms with Crippen molar-refractivity contribution < 1.29 is 9.47 Å². The second kappa shape index (κ2) is 11.4. The fraction of sp³-hybridized carbons (Fsp3) is 0.111. The van der Waals surface area contributed by atoms with E-state index >= 15 is 0 Å². The van der Waals surface area contributed by atoms with E-state index in [1.807, 2.05) is 6.07 Å². The largest absolute Gasteiger partial charge is 0.493 e. The number of methoxy groups -OCH3 is 2. The van der Waals surface area contributed by atoms with Crippen LogP contribution >= 0.6 is 7.92 Å². The summed E-state index contributed by atoms with van der Waals surface area (Å²) in [6, 6.07) is 45.8. The predicted molar refractivity (Wildman–Crippen MR) is 169 cm³/mol. The molecule has 1 aromatic heterocycles. The first-order valence-electron chi connectivity index (χ1n) is 13.4. The normalized spacial score (nSPS) is 12.0. The van der Waals surface area contributed by atoms with Crippen LogP contribution in [0.4, 0.5) is 0 Å². The molecule has 0 saturated carbocycles. The van der Waals surface area contributed by atoms with E-state index in [-0.39, 0.29) is 5.92 Å². The number of benzene rings is 5. The summed E-state index contributed by atoms with van der Waals surface area (Å²) in [5.74, 6) is 1.45. The molecule has 198 valence electrons. The van der Waals surface area contributed by atoms with Gasteiger partial charge in [-0.25, -0.2) is 0 Å². The van der Waals surface area contributed by atoms with Gasteiger partial charge in [0.1, 0.15) is 0 Å². The van der Waals surface area contributed by atoms with Crippen LogP contribution in [0.2, 0.25) is 0 Å². The van der Waals surface area contributed by atoms with Gasteiger partial charge in [-0.15, -0.1) is 0 Å². The van der Waals surface area contributed by atoms with E-state index in [1.165, 1.54) is 37.9 Å². The molecular weight excluding hydrogens is 509 g/mol. The molecule has 0 N–H and O–H groups in total. The molecule has 1 atom stereocenters. The maximum Gasteiger partial charge on any atom is 0.161 e. The van der Waals surface area contributed by atoms with Crippen molar-refractivity contribution in [3.8, 4) is 11.5 Å². The summed E-state index contributed by atoms with van der Waals surface area (Å²) in [5.41, 5.74) is 4.95. The zero-order valence-corrected chi connectivity index (χ0v) is 23.9. The van der Waals surface area contributed by atoms with Crippen LogP contribution in [-0.4, -0.2) is 18.8 Å². The zero-order chi connectivity index (χ0) is 27.5. The van der Waals surface area contributed by atoms with E-state index in [9.17, 15) is 0 Å². The lowest BCUT2D eigenvalue weighted by atomic mass is 9.84. The van der Waals surface area contributed by atoms with Gasteiger partial charge in [0.2, 0.25) is 0 Å². The third-order valence-electron chi connectivity index (χ3n) is 7.50. The molecule has 0 saturated heterocycles. The molecule has 4 heteroatoms. The smallest absolute Gasteiger partial charge is 0.161 e. The Morgan fingerprint density at radius 1 is 0.600 bits per heavy atom. The number of fused-ring (bicyclic) bond motifs is 1. The van der Waals surface area contributed by atoms with Crippen molar-refractivity contribution in [2.24, 2.45) is 7.05 Å². The monoisotopic (exact) mass is 541 g/mol. The highest BCUT2D eigenvalue weighted by Gasteiger charge is 2.28. The Balaban J connectivity index is 1.64. The quantitative estimate of drug-likeness (QED) is 0.191. The molecule has 0 amide bonds. The van der Waals surface area contributed by atoms with E-state index in [4.69, 9.17) is 9.47 Å². The third kappa shape index (κ3) is 4.78. The highest BCUT2D eigenvalue weighted by molar-refractivity contribution is 7.79. The molecule has 1 heterocycles. The van der Waals surface area contributed by atoms with Crippen molar-refractivity contribution in [2.75, 3.05) is 14.2 Å². The molecular formula is C36H32NO2P. The van der Waals surface area contributed by atoms with Gasteiger partial charge in [-0.05, 0) is 58.7 Å². The summed E-state index contributed by atoms with van der Waals surface area (Å²) in [5, 5.41) is 5.27. The second-order valence-electron chi connectivity index (χ2n) is 9.83. The number of para-hydroxylation sites is 1. The molecule has 0 aliphatic heterocycles. The predicted octanol–water partition coefficient (Wildman–Crippen LogP) is 7.13. The third-order valence-corrected chi connectivity index (χ3v) is 10.0. The van der Waals surface area contributed by atoms with E-state index < -0.39 is 7.92 Å². The lowest BCUT2D eigenvalue weighted by Crippen LogP contribution is -2.25. The van der Waals surface area contributed by atoms with Gasteiger partial charge in [0.05, 0.1) is 14.2 Å². The van der Waals surface area contributed by atoms with Crippen molar-refractivity contribution in [2.45, 2.75) is 5.92 Å². The van der Waals surface area contributed by atoms with Gasteiger partial charge >= 0.3 is 0 Å². The van der Waals surface area contributed by atoms with Crippen molar-refractivity contribution >= 4 is 34.7 Å². The minimum Gasteiger partial charge on any atom is -0.493 e. The van der Waals surface area contributed by atoms with Gasteiger partial charge in [-0.3, -0.25) is 0 Å². The Labute approximate surface area is 237 Å². The van der Waals surface area contributed by atoms with E-state index in [0.717, 1.165) is 17.1 Å². The van der Waals surface area contributed by atoms with Crippen molar-refractivity contribution in [3.63, 3.8) is 0 Å². The molecule has 40 heavy (non-hydrogen) atoms. The molecule has 0 aliphatic rings. The molecule has 3 nitrogen and oxygen atoms in total. The molecule has 6 aromatic rings. The van der Waals surface area contributed by atoms with Crippen molar-refractivity contribution in [1.82, 2.24) is 4.57 Å². The summed E-state index contributed by atoms with van der Waals surface area (Å²) in [7, 11) is 4.71. The molecule has 1 unspecified atom stereocenters. The number of aromatic nitrogens is 1. The molecule has 6 rings (SSSR count). The van der Waals surface area contributed by atoms with Gasteiger partial charge in [0, 0.05) is 30.1 Å². The second-order valence-corrected chi connectivity index (χ2v) is 12.0. The Morgan fingerprint density at radius 3 is 1.88 bits per heavy atom. The number of hydrogen-bond donors (Lipinski definition) is 0. The summed E-state index contributed by atoms with van der Waals surface area (Å²) in [4.78, 5) is 0. The lowest BCUT2D eigenvalue weighted by molar-refractivity contribution is 0.354. The maximum atomic E-state index is 5.78. The van der Waals surface area contributed by atoms with Gasteiger partial charge in [0.15, 0.2) is 11.5 Å². The first-order chi connectivity index (χ1) is 19.7. The number of ether oxygens (including phenoxy) is 2. The Kier molecular flexibility index (Phi) is 7.40. The highest BCUT2D eigenvalue weighted by atomic mass is 31.1. The number of rotatable bonds is 8. The summed E-state index contributed by atoms with van der Waals surface area (Å²) in [6.07, 6.45) is 2.29.